The molecule has 0 radical (unpaired) electrons. The van der Waals surface area contributed by atoms with Gasteiger partial charge in [-0.3, -0.25) is 4.79 Å². The van der Waals surface area contributed by atoms with Crippen LogP contribution in [0.5, 0.6) is 11.5 Å². The average Bonchev–Trinajstić information content (AvgIpc) is 2.82. The molecule has 5 nitrogen and oxygen atoms in total. The monoisotopic (exact) mass is 358 g/mol. The maximum Gasteiger partial charge on any atom is 0.306 e. The first-order valence-electron chi connectivity index (χ1n) is 7.80. The van der Waals surface area contributed by atoms with Gasteiger partial charge in [0.05, 0.1) is 11.8 Å². The molecule has 0 aliphatic carbocycles. The van der Waals surface area contributed by atoms with E-state index in [1.807, 2.05) is 24.3 Å². The van der Waals surface area contributed by atoms with E-state index in [9.17, 15) is 13.2 Å². The summed E-state index contributed by atoms with van der Waals surface area (Å²) in [6.45, 7) is 4.23. The summed E-state index contributed by atoms with van der Waals surface area (Å²) in [5.74, 6) is 0.786. The predicted molar refractivity (Wildman–Crippen MR) is 95.4 cm³/mol. The number of hydrogen-bond donors (Lipinski definition) is 0. The summed E-state index contributed by atoms with van der Waals surface area (Å²) < 4.78 is 32.8. The van der Waals surface area contributed by atoms with Gasteiger partial charge in [0.1, 0.15) is 11.5 Å². The lowest BCUT2D eigenvalue weighted by molar-refractivity contribution is 0.101. The van der Waals surface area contributed by atoms with E-state index in [1.54, 1.807) is 6.08 Å². The van der Waals surface area contributed by atoms with E-state index >= 15 is 0 Å². The lowest BCUT2D eigenvalue weighted by atomic mass is 10.0. The average molecular weight is 358 g/mol. The highest BCUT2D eigenvalue weighted by Crippen LogP contribution is 2.35. The van der Waals surface area contributed by atoms with Gasteiger partial charge in [0.2, 0.25) is 5.78 Å². The fraction of sp³-hybridized carbons (Fsp3) is 0.211. The number of carbonyl (C=O) groups excluding carboxylic acids is 1. The van der Waals surface area contributed by atoms with Crippen molar-refractivity contribution in [3.8, 4) is 11.5 Å². The Morgan fingerprint density at radius 1 is 1.08 bits per heavy atom. The second kappa shape index (κ2) is 6.37. The first kappa shape index (κ1) is 17.2. The van der Waals surface area contributed by atoms with E-state index in [0.717, 1.165) is 11.8 Å². The summed E-state index contributed by atoms with van der Waals surface area (Å²) >= 11 is 0. The van der Waals surface area contributed by atoms with Crippen LogP contribution < -0.4 is 8.92 Å². The molecule has 0 atom stereocenters. The zero-order chi connectivity index (χ0) is 18.2. The molecule has 1 aliphatic rings. The van der Waals surface area contributed by atoms with Crippen LogP contribution >= 0.6 is 0 Å². The van der Waals surface area contributed by atoms with Crippen LogP contribution in [-0.2, 0) is 10.1 Å². The van der Waals surface area contributed by atoms with Gasteiger partial charge in [0, 0.05) is 6.07 Å². The van der Waals surface area contributed by atoms with E-state index in [-0.39, 0.29) is 23.0 Å². The Labute approximate surface area is 147 Å². The quantitative estimate of drug-likeness (QED) is 0.615. The van der Waals surface area contributed by atoms with Crippen LogP contribution in [0, 0.1) is 0 Å². The minimum atomic E-state index is -3.64. The molecule has 2 aromatic rings. The maximum absolute atomic E-state index is 12.4. The second-order valence-corrected chi connectivity index (χ2v) is 7.78. The number of benzene rings is 2. The number of rotatable bonds is 4. The number of ether oxygens (including phenoxy) is 1. The topological polar surface area (TPSA) is 69.7 Å². The molecule has 0 aromatic heterocycles. The van der Waals surface area contributed by atoms with Gasteiger partial charge in [-0.2, -0.15) is 8.42 Å². The standard InChI is InChI=1S/C19H18O5S/c1-12(2)14-6-4-13(5-7-14)10-18-19(20)16-9-8-15(11-17(16)23-18)24-25(3,21)22/h4-12H,1-3H3. The van der Waals surface area contributed by atoms with Crippen LogP contribution in [0.1, 0.15) is 41.3 Å². The van der Waals surface area contributed by atoms with Crippen LogP contribution in [-0.4, -0.2) is 20.5 Å². The summed E-state index contributed by atoms with van der Waals surface area (Å²) in [6.07, 6.45) is 2.63. The summed E-state index contributed by atoms with van der Waals surface area (Å²) in [5.41, 5.74) is 2.45. The lowest BCUT2D eigenvalue weighted by Gasteiger charge is -2.05. The Morgan fingerprint density at radius 3 is 2.36 bits per heavy atom. The van der Waals surface area contributed by atoms with Crippen molar-refractivity contribution in [2.24, 2.45) is 0 Å². The highest BCUT2D eigenvalue weighted by molar-refractivity contribution is 7.86. The first-order chi connectivity index (χ1) is 11.7. The number of allylic oxidation sites excluding steroid dienone is 1. The number of ketones is 1. The van der Waals surface area contributed by atoms with Crippen LogP contribution in [0.4, 0.5) is 0 Å². The zero-order valence-electron chi connectivity index (χ0n) is 14.1. The Balaban J connectivity index is 1.86. The SMILES string of the molecule is CC(C)c1ccc(C=C2Oc3cc(OS(C)(=O)=O)ccc3C2=O)cc1. The number of Topliss-reactive ketones (excluding diaryl/α,β-unsaturated/α-hetero) is 1. The Bertz CT molecular complexity index is 954. The smallest absolute Gasteiger partial charge is 0.306 e. The van der Waals surface area contributed by atoms with Gasteiger partial charge in [-0.1, -0.05) is 38.1 Å². The molecule has 25 heavy (non-hydrogen) atoms. The van der Waals surface area contributed by atoms with Crippen molar-refractivity contribution >= 4 is 22.0 Å². The van der Waals surface area contributed by atoms with Crippen molar-refractivity contribution in [3.05, 3.63) is 64.9 Å². The largest absolute Gasteiger partial charge is 0.452 e. The fourth-order valence-corrected chi connectivity index (χ4v) is 2.98. The Hall–Kier alpha value is -2.60. The highest BCUT2D eigenvalue weighted by Gasteiger charge is 2.28. The predicted octanol–water partition coefficient (Wildman–Crippen LogP) is 3.76. The van der Waals surface area contributed by atoms with E-state index in [2.05, 4.69) is 13.8 Å². The van der Waals surface area contributed by atoms with E-state index in [0.29, 0.717) is 11.5 Å². The van der Waals surface area contributed by atoms with Crippen molar-refractivity contribution in [1.82, 2.24) is 0 Å². The maximum atomic E-state index is 12.4. The second-order valence-electron chi connectivity index (χ2n) is 6.21. The van der Waals surface area contributed by atoms with Crippen LogP contribution in [0.15, 0.2) is 48.2 Å². The molecule has 1 aliphatic heterocycles. The molecule has 0 N–H and O–H groups in total. The third kappa shape index (κ3) is 3.91. The minimum absolute atomic E-state index is 0.108. The van der Waals surface area contributed by atoms with Gasteiger partial charge < -0.3 is 8.92 Å². The van der Waals surface area contributed by atoms with Crippen LogP contribution in [0.3, 0.4) is 0 Å². The van der Waals surface area contributed by atoms with Gasteiger partial charge in [0.25, 0.3) is 0 Å². The Morgan fingerprint density at radius 2 is 1.76 bits per heavy atom. The molecular weight excluding hydrogens is 340 g/mol. The third-order valence-corrected chi connectivity index (χ3v) is 4.29. The Kier molecular flexibility index (Phi) is 4.39. The van der Waals surface area contributed by atoms with Crippen LogP contribution in [0.2, 0.25) is 0 Å². The molecule has 0 saturated carbocycles. The molecule has 0 bridgehead atoms. The van der Waals surface area contributed by atoms with E-state index < -0.39 is 10.1 Å². The third-order valence-electron chi connectivity index (χ3n) is 3.79. The van der Waals surface area contributed by atoms with Crippen molar-refractivity contribution in [2.45, 2.75) is 19.8 Å². The molecule has 0 unspecified atom stereocenters. The van der Waals surface area contributed by atoms with Crippen LogP contribution in [0.25, 0.3) is 6.08 Å². The van der Waals surface area contributed by atoms with E-state index in [4.69, 9.17) is 8.92 Å². The molecule has 0 spiro atoms. The van der Waals surface area contributed by atoms with Crippen molar-refractivity contribution in [2.75, 3.05) is 6.26 Å². The first-order valence-corrected chi connectivity index (χ1v) is 9.62. The molecule has 1 heterocycles. The molecule has 3 rings (SSSR count). The van der Waals surface area contributed by atoms with Gasteiger partial charge in [-0.05, 0) is 35.3 Å². The molecule has 0 fully saturated rings. The number of hydrogen-bond acceptors (Lipinski definition) is 5. The molecular formula is C19H18O5S. The molecule has 130 valence electrons. The zero-order valence-corrected chi connectivity index (χ0v) is 15.0. The summed E-state index contributed by atoms with van der Waals surface area (Å²) in [5, 5.41) is 0. The summed E-state index contributed by atoms with van der Waals surface area (Å²) in [4.78, 5) is 12.4. The van der Waals surface area contributed by atoms with Gasteiger partial charge >= 0.3 is 10.1 Å². The summed E-state index contributed by atoms with van der Waals surface area (Å²) in [7, 11) is -3.64. The van der Waals surface area contributed by atoms with E-state index in [1.165, 1.54) is 23.8 Å². The minimum Gasteiger partial charge on any atom is -0.452 e. The summed E-state index contributed by atoms with van der Waals surface area (Å²) in [6, 6.07) is 12.2. The lowest BCUT2D eigenvalue weighted by Crippen LogP contribution is -2.05. The van der Waals surface area contributed by atoms with Gasteiger partial charge in [-0.15, -0.1) is 0 Å². The van der Waals surface area contributed by atoms with Crippen molar-refractivity contribution in [3.63, 3.8) is 0 Å². The normalized spacial score (nSPS) is 15.4. The number of fused-ring (bicyclic) bond motifs is 1. The molecule has 0 saturated heterocycles. The van der Waals surface area contributed by atoms with Gasteiger partial charge in [-0.25, -0.2) is 0 Å². The van der Waals surface area contributed by atoms with Crippen molar-refractivity contribution in [1.29, 1.82) is 0 Å². The van der Waals surface area contributed by atoms with Gasteiger partial charge in [0.15, 0.2) is 5.76 Å². The fourth-order valence-electron chi connectivity index (χ4n) is 2.52. The molecule has 6 heteroatoms. The highest BCUT2D eigenvalue weighted by atomic mass is 32.2. The molecule has 2 aromatic carbocycles. The van der Waals surface area contributed by atoms with Crippen molar-refractivity contribution < 1.29 is 22.1 Å². The molecule has 0 amide bonds. The number of carbonyl (C=O) groups is 1.